The Bertz CT molecular complexity index is 256. The second-order valence-corrected chi connectivity index (χ2v) is 4.42. The van der Waals surface area contributed by atoms with Crippen LogP contribution in [-0.4, -0.2) is 29.1 Å². The van der Waals surface area contributed by atoms with Crippen LogP contribution in [0.1, 0.15) is 40.0 Å². The number of hydrogen-bond acceptors (Lipinski definition) is 3. The van der Waals surface area contributed by atoms with Crippen LogP contribution in [-0.2, 0) is 9.59 Å². The van der Waals surface area contributed by atoms with Crippen LogP contribution in [0.25, 0.3) is 0 Å². The fraction of sp³-hybridized carbons (Fsp3) is 0.818. The Hall–Kier alpha value is -1.10. The van der Waals surface area contributed by atoms with Gasteiger partial charge in [0.1, 0.15) is 5.54 Å². The normalized spacial score (nSPS) is 16.2. The molecular weight excluding hydrogens is 208 g/mol. The molecule has 2 unspecified atom stereocenters. The summed E-state index contributed by atoms with van der Waals surface area (Å²) in [6.07, 6.45) is 1.36. The van der Waals surface area contributed by atoms with E-state index in [0.717, 1.165) is 0 Å². The van der Waals surface area contributed by atoms with E-state index in [1.807, 2.05) is 6.92 Å². The monoisotopic (exact) mass is 230 g/mol. The second kappa shape index (κ2) is 6.48. The van der Waals surface area contributed by atoms with E-state index in [9.17, 15) is 9.59 Å². The molecule has 0 aromatic carbocycles. The molecule has 0 aliphatic rings. The molecule has 0 bridgehead atoms. The molecule has 16 heavy (non-hydrogen) atoms. The van der Waals surface area contributed by atoms with Crippen LogP contribution in [0.3, 0.4) is 0 Å². The lowest BCUT2D eigenvalue weighted by Gasteiger charge is -2.24. The first-order valence-electron chi connectivity index (χ1n) is 5.60. The van der Waals surface area contributed by atoms with Crippen molar-refractivity contribution in [3.05, 3.63) is 0 Å². The summed E-state index contributed by atoms with van der Waals surface area (Å²) in [5.41, 5.74) is 4.27. The SMILES string of the molecule is CCC(C)(NC(=O)CCC(C)CN)C(=O)O. The molecule has 0 rings (SSSR count). The standard InChI is InChI=1S/C11H22N2O3/c1-4-11(3,10(15)16)13-9(14)6-5-8(2)7-12/h8H,4-7,12H2,1-3H3,(H,13,14)(H,15,16). The van der Waals surface area contributed by atoms with Gasteiger partial charge in [-0.15, -0.1) is 0 Å². The van der Waals surface area contributed by atoms with Crippen molar-refractivity contribution in [1.82, 2.24) is 5.32 Å². The van der Waals surface area contributed by atoms with Crippen LogP contribution in [0, 0.1) is 5.92 Å². The minimum atomic E-state index is -1.16. The van der Waals surface area contributed by atoms with Gasteiger partial charge in [-0.3, -0.25) is 4.79 Å². The van der Waals surface area contributed by atoms with E-state index in [1.165, 1.54) is 6.92 Å². The molecule has 2 atom stereocenters. The molecule has 4 N–H and O–H groups in total. The van der Waals surface area contributed by atoms with Crippen LogP contribution in [0.2, 0.25) is 0 Å². The molecule has 0 saturated heterocycles. The van der Waals surface area contributed by atoms with Crippen molar-refractivity contribution in [2.75, 3.05) is 6.54 Å². The molecule has 0 aromatic rings. The fourth-order valence-corrected chi connectivity index (χ4v) is 1.16. The van der Waals surface area contributed by atoms with E-state index in [4.69, 9.17) is 10.8 Å². The quantitative estimate of drug-likeness (QED) is 0.601. The van der Waals surface area contributed by atoms with Gasteiger partial charge in [-0.2, -0.15) is 0 Å². The first-order chi connectivity index (χ1) is 7.35. The summed E-state index contributed by atoms with van der Waals surface area (Å²) in [6.45, 7) is 5.75. The third-order valence-electron chi connectivity index (χ3n) is 2.86. The molecule has 0 saturated carbocycles. The van der Waals surface area contributed by atoms with Crippen molar-refractivity contribution in [2.45, 2.75) is 45.6 Å². The topological polar surface area (TPSA) is 92.4 Å². The summed E-state index contributed by atoms with van der Waals surface area (Å²) in [5, 5.41) is 11.5. The van der Waals surface area contributed by atoms with E-state index >= 15 is 0 Å². The zero-order valence-electron chi connectivity index (χ0n) is 10.2. The van der Waals surface area contributed by atoms with Crippen LogP contribution in [0.5, 0.6) is 0 Å². The number of aliphatic carboxylic acids is 1. The first-order valence-corrected chi connectivity index (χ1v) is 5.60. The number of carbonyl (C=O) groups is 2. The number of rotatable bonds is 7. The molecule has 0 aliphatic carbocycles. The molecule has 1 amide bonds. The number of nitrogens with one attached hydrogen (secondary N) is 1. The van der Waals surface area contributed by atoms with Crippen molar-refractivity contribution >= 4 is 11.9 Å². The van der Waals surface area contributed by atoms with Crippen molar-refractivity contribution < 1.29 is 14.7 Å². The van der Waals surface area contributed by atoms with Crippen molar-refractivity contribution in [1.29, 1.82) is 0 Å². The molecule has 94 valence electrons. The largest absolute Gasteiger partial charge is 0.480 e. The summed E-state index contributed by atoms with van der Waals surface area (Å²) in [6, 6.07) is 0. The Labute approximate surface area is 96.4 Å². The van der Waals surface area contributed by atoms with Gasteiger partial charge in [-0.05, 0) is 32.2 Å². The number of carboxylic acids is 1. The van der Waals surface area contributed by atoms with Gasteiger partial charge >= 0.3 is 5.97 Å². The van der Waals surface area contributed by atoms with Gasteiger partial charge in [0, 0.05) is 6.42 Å². The smallest absolute Gasteiger partial charge is 0.329 e. The van der Waals surface area contributed by atoms with Crippen molar-refractivity contribution in [3.8, 4) is 0 Å². The van der Waals surface area contributed by atoms with Gasteiger partial charge in [-0.1, -0.05) is 13.8 Å². The van der Waals surface area contributed by atoms with E-state index in [-0.39, 0.29) is 11.8 Å². The highest BCUT2D eigenvalue weighted by atomic mass is 16.4. The average Bonchev–Trinajstić information content (AvgIpc) is 2.25. The van der Waals surface area contributed by atoms with Gasteiger partial charge in [0.2, 0.25) is 5.91 Å². The van der Waals surface area contributed by atoms with Crippen LogP contribution in [0.4, 0.5) is 0 Å². The highest BCUT2D eigenvalue weighted by Gasteiger charge is 2.32. The molecule has 5 nitrogen and oxygen atoms in total. The zero-order valence-corrected chi connectivity index (χ0v) is 10.2. The minimum absolute atomic E-state index is 0.230. The Balaban J connectivity index is 4.17. The van der Waals surface area contributed by atoms with Crippen LogP contribution in [0.15, 0.2) is 0 Å². The number of carboxylic acid groups (broad SMARTS) is 1. The molecule has 0 radical (unpaired) electrons. The Morgan fingerprint density at radius 2 is 2.06 bits per heavy atom. The third kappa shape index (κ3) is 4.61. The number of nitrogens with two attached hydrogens (primary N) is 1. The maximum atomic E-state index is 11.5. The zero-order chi connectivity index (χ0) is 12.8. The molecule has 0 spiro atoms. The highest BCUT2D eigenvalue weighted by molar-refractivity contribution is 5.86. The molecule has 0 heterocycles. The van der Waals surface area contributed by atoms with Crippen LogP contribution >= 0.6 is 0 Å². The Morgan fingerprint density at radius 1 is 1.50 bits per heavy atom. The van der Waals surface area contributed by atoms with Crippen molar-refractivity contribution in [3.63, 3.8) is 0 Å². The molecular formula is C11H22N2O3. The maximum Gasteiger partial charge on any atom is 0.329 e. The lowest BCUT2D eigenvalue weighted by molar-refractivity contribution is -0.147. The summed E-state index contributed by atoms with van der Waals surface area (Å²) in [5.74, 6) is -0.953. The Kier molecular flexibility index (Phi) is 6.03. The highest BCUT2D eigenvalue weighted by Crippen LogP contribution is 2.11. The summed E-state index contributed by atoms with van der Waals surface area (Å²) < 4.78 is 0. The van der Waals surface area contributed by atoms with E-state index in [0.29, 0.717) is 25.8 Å². The minimum Gasteiger partial charge on any atom is -0.480 e. The summed E-state index contributed by atoms with van der Waals surface area (Å²) in [7, 11) is 0. The molecule has 0 aromatic heterocycles. The van der Waals surface area contributed by atoms with Gasteiger partial charge in [0.25, 0.3) is 0 Å². The van der Waals surface area contributed by atoms with Gasteiger partial charge < -0.3 is 16.2 Å². The summed E-state index contributed by atoms with van der Waals surface area (Å²) >= 11 is 0. The molecule has 5 heteroatoms. The maximum absolute atomic E-state index is 11.5. The van der Waals surface area contributed by atoms with Crippen LogP contribution < -0.4 is 11.1 Å². The van der Waals surface area contributed by atoms with E-state index < -0.39 is 11.5 Å². The predicted octanol–water partition coefficient (Wildman–Crippen LogP) is 0.731. The number of carbonyl (C=O) groups excluding carboxylic acids is 1. The van der Waals surface area contributed by atoms with Gasteiger partial charge in [0.05, 0.1) is 0 Å². The van der Waals surface area contributed by atoms with Gasteiger partial charge in [-0.25, -0.2) is 4.79 Å². The van der Waals surface area contributed by atoms with Crippen molar-refractivity contribution in [2.24, 2.45) is 11.7 Å². The van der Waals surface area contributed by atoms with Gasteiger partial charge in [0.15, 0.2) is 0 Å². The summed E-state index contributed by atoms with van der Waals surface area (Å²) in [4.78, 5) is 22.5. The van der Waals surface area contributed by atoms with E-state index in [1.54, 1.807) is 6.92 Å². The average molecular weight is 230 g/mol. The lowest BCUT2D eigenvalue weighted by Crippen LogP contribution is -2.51. The molecule has 0 aliphatic heterocycles. The molecule has 0 fully saturated rings. The Morgan fingerprint density at radius 3 is 2.44 bits per heavy atom. The third-order valence-corrected chi connectivity index (χ3v) is 2.86. The number of amides is 1. The second-order valence-electron chi connectivity index (χ2n) is 4.42. The first kappa shape index (κ1) is 14.9. The fourth-order valence-electron chi connectivity index (χ4n) is 1.16. The van der Waals surface area contributed by atoms with E-state index in [2.05, 4.69) is 5.32 Å². The number of hydrogen-bond donors (Lipinski definition) is 3. The predicted molar refractivity (Wildman–Crippen MR) is 61.9 cm³/mol. The lowest BCUT2D eigenvalue weighted by atomic mass is 9.98.